The fraction of sp³-hybridized carbons (Fsp3) is 0.769. The normalized spacial score (nSPS) is 23.2. The Bertz CT molecular complexity index is 367. The molecule has 2 atom stereocenters. The molecule has 2 rings (SSSR count). The number of likely N-dealkylation sites (N-methyl/N-ethyl adjacent to an activating group) is 1. The zero-order valence-corrected chi connectivity index (χ0v) is 11.2. The van der Waals surface area contributed by atoms with Crippen LogP contribution in [-0.4, -0.2) is 58.2 Å². The van der Waals surface area contributed by atoms with Crippen LogP contribution in [0.1, 0.15) is 19.0 Å². The minimum atomic E-state index is -0.394. The highest BCUT2D eigenvalue weighted by molar-refractivity contribution is 5.00. The van der Waals surface area contributed by atoms with Crippen LogP contribution >= 0.6 is 0 Å². The number of aliphatic hydroxyl groups excluding tert-OH is 1. The van der Waals surface area contributed by atoms with E-state index in [0.717, 1.165) is 44.8 Å². The molecule has 1 aromatic heterocycles. The SMILES string of the molecule is CCN1CCOC(C(O)CCc2ccnn2C)C1. The number of hydrogen-bond acceptors (Lipinski definition) is 4. The molecule has 5 nitrogen and oxygen atoms in total. The molecule has 1 aliphatic rings. The Morgan fingerprint density at radius 1 is 1.61 bits per heavy atom. The van der Waals surface area contributed by atoms with Gasteiger partial charge in [0.05, 0.1) is 18.8 Å². The second-order valence-electron chi connectivity index (χ2n) is 4.85. The Labute approximate surface area is 108 Å². The Hall–Kier alpha value is -0.910. The summed E-state index contributed by atoms with van der Waals surface area (Å²) in [5.41, 5.74) is 1.15. The number of morpholine rings is 1. The van der Waals surface area contributed by atoms with Gasteiger partial charge in [-0.15, -0.1) is 0 Å². The Balaban J connectivity index is 1.80. The quantitative estimate of drug-likeness (QED) is 0.827. The zero-order valence-electron chi connectivity index (χ0n) is 11.2. The van der Waals surface area contributed by atoms with E-state index in [9.17, 15) is 5.11 Å². The van der Waals surface area contributed by atoms with Crippen LogP contribution in [0.5, 0.6) is 0 Å². The third-order valence-electron chi connectivity index (χ3n) is 3.67. The summed E-state index contributed by atoms with van der Waals surface area (Å²) in [4.78, 5) is 2.32. The van der Waals surface area contributed by atoms with E-state index < -0.39 is 6.10 Å². The van der Waals surface area contributed by atoms with E-state index in [4.69, 9.17) is 4.74 Å². The summed E-state index contributed by atoms with van der Waals surface area (Å²) < 4.78 is 7.51. The largest absolute Gasteiger partial charge is 0.390 e. The number of rotatable bonds is 5. The third kappa shape index (κ3) is 3.31. The van der Waals surface area contributed by atoms with Crippen LogP contribution < -0.4 is 0 Å². The highest BCUT2D eigenvalue weighted by Gasteiger charge is 2.25. The van der Waals surface area contributed by atoms with Crippen molar-refractivity contribution in [2.45, 2.75) is 32.0 Å². The molecule has 102 valence electrons. The van der Waals surface area contributed by atoms with Gasteiger partial charge < -0.3 is 9.84 Å². The van der Waals surface area contributed by atoms with E-state index in [1.807, 2.05) is 17.8 Å². The fourth-order valence-corrected chi connectivity index (χ4v) is 2.38. The maximum Gasteiger partial charge on any atom is 0.0961 e. The Morgan fingerprint density at radius 2 is 2.44 bits per heavy atom. The van der Waals surface area contributed by atoms with Gasteiger partial charge in [0.2, 0.25) is 0 Å². The maximum atomic E-state index is 10.2. The van der Waals surface area contributed by atoms with Crippen LogP contribution in [0.4, 0.5) is 0 Å². The van der Waals surface area contributed by atoms with Crippen molar-refractivity contribution >= 4 is 0 Å². The van der Waals surface area contributed by atoms with E-state index in [1.165, 1.54) is 0 Å². The summed E-state index contributed by atoms with van der Waals surface area (Å²) in [7, 11) is 1.93. The lowest BCUT2D eigenvalue weighted by Crippen LogP contribution is -2.47. The number of hydrogen-bond donors (Lipinski definition) is 1. The maximum absolute atomic E-state index is 10.2. The Kier molecular flexibility index (Phi) is 4.74. The van der Waals surface area contributed by atoms with Gasteiger partial charge in [-0.25, -0.2) is 0 Å². The van der Waals surface area contributed by atoms with Crippen molar-refractivity contribution in [2.75, 3.05) is 26.2 Å². The van der Waals surface area contributed by atoms with Crippen molar-refractivity contribution < 1.29 is 9.84 Å². The van der Waals surface area contributed by atoms with Crippen molar-refractivity contribution in [3.8, 4) is 0 Å². The predicted molar refractivity (Wildman–Crippen MR) is 69.4 cm³/mol. The molecular weight excluding hydrogens is 230 g/mol. The molecule has 18 heavy (non-hydrogen) atoms. The van der Waals surface area contributed by atoms with Crippen molar-refractivity contribution in [2.24, 2.45) is 7.05 Å². The van der Waals surface area contributed by atoms with Crippen LogP contribution in [0.25, 0.3) is 0 Å². The molecule has 1 fully saturated rings. The number of ether oxygens (including phenoxy) is 1. The van der Waals surface area contributed by atoms with Gasteiger partial charge in [-0.3, -0.25) is 9.58 Å². The summed E-state index contributed by atoms with van der Waals surface area (Å²) in [5, 5.41) is 14.3. The summed E-state index contributed by atoms with van der Waals surface area (Å²) in [6.45, 7) is 5.70. The van der Waals surface area contributed by atoms with Gasteiger partial charge in [0.25, 0.3) is 0 Å². The molecule has 0 aromatic carbocycles. The molecular formula is C13H23N3O2. The topological polar surface area (TPSA) is 50.5 Å². The first-order valence-corrected chi connectivity index (χ1v) is 6.69. The van der Waals surface area contributed by atoms with Crippen LogP contribution in [0.3, 0.4) is 0 Å². The van der Waals surface area contributed by atoms with Gasteiger partial charge in [0.1, 0.15) is 0 Å². The first-order chi connectivity index (χ1) is 8.70. The molecule has 2 heterocycles. The molecule has 0 saturated carbocycles. The smallest absolute Gasteiger partial charge is 0.0961 e. The molecule has 1 N–H and O–H groups in total. The van der Waals surface area contributed by atoms with Crippen LogP contribution in [0.2, 0.25) is 0 Å². The number of aromatic nitrogens is 2. The number of aliphatic hydroxyl groups is 1. The fourth-order valence-electron chi connectivity index (χ4n) is 2.38. The molecule has 0 radical (unpaired) electrons. The average Bonchev–Trinajstić information content (AvgIpc) is 2.81. The zero-order chi connectivity index (χ0) is 13.0. The lowest BCUT2D eigenvalue weighted by atomic mass is 10.1. The molecule has 0 amide bonds. The van der Waals surface area contributed by atoms with Crippen LogP contribution in [0.15, 0.2) is 12.3 Å². The van der Waals surface area contributed by atoms with Gasteiger partial charge in [0.15, 0.2) is 0 Å². The van der Waals surface area contributed by atoms with Crippen molar-refractivity contribution in [3.63, 3.8) is 0 Å². The monoisotopic (exact) mass is 253 g/mol. The average molecular weight is 253 g/mol. The van der Waals surface area contributed by atoms with E-state index in [2.05, 4.69) is 16.9 Å². The third-order valence-corrected chi connectivity index (χ3v) is 3.67. The summed E-state index contributed by atoms with van der Waals surface area (Å²) >= 11 is 0. The Morgan fingerprint density at radius 3 is 3.11 bits per heavy atom. The molecule has 0 spiro atoms. The molecule has 1 aromatic rings. The molecule has 2 unspecified atom stereocenters. The van der Waals surface area contributed by atoms with Crippen LogP contribution in [-0.2, 0) is 18.2 Å². The lowest BCUT2D eigenvalue weighted by Gasteiger charge is -2.34. The highest BCUT2D eigenvalue weighted by atomic mass is 16.5. The molecule has 0 aliphatic carbocycles. The standard InChI is InChI=1S/C13H23N3O2/c1-3-16-8-9-18-13(10-16)12(17)5-4-11-6-7-14-15(11)2/h6-7,12-13,17H,3-5,8-10H2,1-2H3. The molecule has 1 aliphatic heterocycles. The van der Waals surface area contributed by atoms with Crippen molar-refractivity contribution in [1.82, 2.24) is 14.7 Å². The van der Waals surface area contributed by atoms with Gasteiger partial charge in [-0.1, -0.05) is 6.92 Å². The molecule has 1 saturated heterocycles. The number of nitrogens with zero attached hydrogens (tertiary/aromatic N) is 3. The van der Waals surface area contributed by atoms with E-state index in [1.54, 1.807) is 6.20 Å². The number of aryl methyl sites for hydroxylation is 2. The van der Waals surface area contributed by atoms with Gasteiger partial charge >= 0.3 is 0 Å². The second-order valence-corrected chi connectivity index (χ2v) is 4.85. The molecule has 0 bridgehead atoms. The minimum Gasteiger partial charge on any atom is -0.390 e. The van der Waals surface area contributed by atoms with Gasteiger partial charge in [-0.2, -0.15) is 5.10 Å². The summed E-state index contributed by atoms with van der Waals surface area (Å²) in [6, 6.07) is 1.99. The van der Waals surface area contributed by atoms with Gasteiger partial charge in [0, 0.05) is 32.0 Å². The van der Waals surface area contributed by atoms with E-state index >= 15 is 0 Å². The van der Waals surface area contributed by atoms with Gasteiger partial charge in [-0.05, 0) is 25.5 Å². The first kappa shape index (κ1) is 13.5. The van der Waals surface area contributed by atoms with Crippen molar-refractivity contribution in [3.05, 3.63) is 18.0 Å². The van der Waals surface area contributed by atoms with E-state index in [-0.39, 0.29) is 6.10 Å². The van der Waals surface area contributed by atoms with Crippen molar-refractivity contribution in [1.29, 1.82) is 0 Å². The minimum absolute atomic E-state index is 0.0491. The highest BCUT2D eigenvalue weighted by Crippen LogP contribution is 2.13. The predicted octanol–water partition coefficient (Wildman–Crippen LogP) is 0.434. The first-order valence-electron chi connectivity index (χ1n) is 6.69. The lowest BCUT2D eigenvalue weighted by molar-refractivity contribution is -0.0891. The van der Waals surface area contributed by atoms with E-state index in [0.29, 0.717) is 0 Å². The second kappa shape index (κ2) is 6.31. The summed E-state index contributed by atoms with van der Waals surface area (Å²) in [6.07, 6.45) is 2.91. The summed E-state index contributed by atoms with van der Waals surface area (Å²) in [5.74, 6) is 0. The van der Waals surface area contributed by atoms with Crippen LogP contribution in [0, 0.1) is 0 Å². The molecule has 5 heteroatoms.